The van der Waals surface area contributed by atoms with Crippen LogP contribution in [0.25, 0.3) is 22.0 Å². The fourth-order valence-electron chi connectivity index (χ4n) is 2.34. The van der Waals surface area contributed by atoms with Crippen LogP contribution >= 0.6 is 0 Å². The van der Waals surface area contributed by atoms with Crippen LogP contribution in [0.3, 0.4) is 0 Å². The molecule has 0 fully saturated rings. The molecule has 0 N–H and O–H groups in total. The van der Waals surface area contributed by atoms with E-state index in [0.29, 0.717) is 0 Å². The molecule has 0 atom stereocenters. The highest BCUT2D eigenvalue weighted by atomic mass is 16.5. The summed E-state index contributed by atoms with van der Waals surface area (Å²) < 4.78 is 5.19. The zero-order chi connectivity index (χ0) is 13.2. The molecule has 0 bridgehead atoms. The van der Waals surface area contributed by atoms with Gasteiger partial charge in [0.2, 0.25) is 0 Å². The second kappa shape index (κ2) is 4.73. The number of aryl methyl sites for hydroxylation is 1. The standard InChI is InChI=1S/C17H15NO/c1-12-15-5-3-4-6-17(15)18-11-16(12)13-7-9-14(19-2)10-8-13/h3-11H,1-2H3. The number of hydrogen-bond donors (Lipinski definition) is 0. The Kier molecular flexibility index (Phi) is 2.92. The monoisotopic (exact) mass is 249 g/mol. The van der Waals surface area contributed by atoms with E-state index in [-0.39, 0.29) is 0 Å². The van der Waals surface area contributed by atoms with E-state index in [1.54, 1.807) is 7.11 Å². The van der Waals surface area contributed by atoms with Gasteiger partial charge >= 0.3 is 0 Å². The van der Waals surface area contributed by atoms with Crippen LogP contribution in [0.2, 0.25) is 0 Å². The minimum absolute atomic E-state index is 0.871. The lowest BCUT2D eigenvalue weighted by molar-refractivity contribution is 0.415. The summed E-state index contributed by atoms with van der Waals surface area (Å²) in [7, 11) is 1.68. The van der Waals surface area contributed by atoms with Gasteiger partial charge in [-0.2, -0.15) is 0 Å². The number of para-hydroxylation sites is 1. The van der Waals surface area contributed by atoms with Crippen molar-refractivity contribution in [2.75, 3.05) is 7.11 Å². The van der Waals surface area contributed by atoms with Crippen molar-refractivity contribution in [2.45, 2.75) is 6.92 Å². The molecule has 94 valence electrons. The fraction of sp³-hybridized carbons (Fsp3) is 0.118. The summed E-state index contributed by atoms with van der Waals surface area (Å²) in [6.07, 6.45) is 1.94. The number of fused-ring (bicyclic) bond motifs is 1. The molecule has 0 saturated heterocycles. The Morgan fingerprint density at radius 1 is 0.947 bits per heavy atom. The molecule has 2 heteroatoms. The molecule has 0 saturated carbocycles. The van der Waals surface area contributed by atoms with Crippen LogP contribution in [0.15, 0.2) is 54.7 Å². The SMILES string of the molecule is COc1ccc(-c2cnc3ccccc3c2C)cc1. The molecular weight excluding hydrogens is 234 g/mol. The predicted octanol–water partition coefficient (Wildman–Crippen LogP) is 4.22. The maximum absolute atomic E-state index is 5.19. The van der Waals surface area contributed by atoms with Crippen molar-refractivity contribution in [1.29, 1.82) is 0 Å². The van der Waals surface area contributed by atoms with Gasteiger partial charge in [-0.25, -0.2) is 0 Å². The number of nitrogens with zero attached hydrogens (tertiary/aromatic N) is 1. The third-order valence-electron chi connectivity index (χ3n) is 3.45. The van der Waals surface area contributed by atoms with Gasteiger partial charge in [-0.1, -0.05) is 30.3 Å². The van der Waals surface area contributed by atoms with E-state index >= 15 is 0 Å². The van der Waals surface area contributed by atoms with Crippen molar-refractivity contribution in [3.63, 3.8) is 0 Å². The van der Waals surface area contributed by atoms with Gasteiger partial charge in [0.1, 0.15) is 5.75 Å². The summed E-state index contributed by atoms with van der Waals surface area (Å²) in [5.41, 5.74) is 4.63. The normalized spacial score (nSPS) is 10.6. The van der Waals surface area contributed by atoms with Gasteiger partial charge < -0.3 is 4.74 Å². The zero-order valence-corrected chi connectivity index (χ0v) is 11.1. The molecule has 0 unspecified atom stereocenters. The Hall–Kier alpha value is -2.35. The molecule has 3 aromatic rings. The van der Waals surface area contributed by atoms with Gasteiger partial charge in [0.05, 0.1) is 12.6 Å². The Bertz CT molecular complexity index is 717. The number of benzene rings is 2. The number of ether oxygens (including phenoxy) is 1. The van der Waals surface area contributed by atoms with Crippen molar-refractivity contribution in [1.82, 2.24) is 4.98 Å². The molecule has 2 aromatic carbocycles. The number of hydrogen-bond acceptors (Lipinski definition) is 2. The molecule has 0 aliphatic rings. The first-order valence-corrected chi connectivity index (χ1v) is 6.28. The zero-order valence-electron chi connectivity index (χ0n) is 11.1. The van der Waals surface area contributed by atoms with Crippen LogP contribution in [0.5, 0.6) is 5.75 Å². The highest BCUT2D eigenvalue weighted by Crippen LogP contribution is 2.29. The van der Waals surface area contributed by atoms with Gasteiger partial charge in [0.25, 0.3) is 0 Å². The molecule has 1 aromatic heterocycles. The van der Waals surface area contributed by atoms with Gasteiger partial charge in [-0.3, -0.25) is 4.98 Å². The molecule has 0 spiro atoms. The Balaban J connectivity index is 2.16. The van der Waals surface area contributed by atoms with E-state index in [4.69, 9.17) is 4.74 Å². The van der Waals surface area contributed by atoms with Crippen LogP contribution < -0.4 is 4.74 Å². The fourth-order valence-corrected chi connectivity index (χ4v) is 2.34. The predicted molar refractivity (Wildman–Crippen MR) is 78.5 cm³/mol. The van der Waals surface area contributed by atoms with Crippen LogP contribution in [0, 0.1) is 6.92 Å². The molecule has 19 heavy (non-hydrogen) atoms. The minimum Gasteiger partial charge on any atom is -0.497 e. The molecule has 0 aliphatic heterocycles. The van der Waals surface area contributed by atoms with Gasteiger partial charge in [-0.15, -0.1) is 0 Å². The molecule has 0 aliphatic carbocycles. The van der Waals surface area contributed by atoms with E-state index in [9.17, 15) is 0 Å². The quantitative estimate of drug-likeness (QED) is 0.678. The van der Waals surface area contributed by atoms with E-state index in [1.807, 2.05) is 30.5 Å². The lowest BCUT2D eigenvalue weighted by atomic mass is 9.99. The molecule has 1 heterocycles. The van der Waals surface area contributed by atoms with E-state index < -0.39 is 0 Å². The summed E-state index contributed by atoms with van der Waals surface area (Å²) in [6.45, 7) is 2.14. The molecule has 3 rings (SSSR count). The van der Waals surface area contributed by atoms with Crippen molar-refractivity contribution < 1.29 is 4.74 Å². The van der Waals surface area contributed by atoms with E-state index in [2.05, 4.69) is 36.2 Å². The number of methoxy groups -OCH3 is 1. The van der Waals surface area contributed by atoms with Crippen molar-refractivity contribution >= 4 is 10.9 Å². The Labute approximate surface area is 112 Å². The molecular formula is C17H15NO. The highest BCUT2D eigenvalue weighted by molar-refractivity contribution is 5.88. The van der Waals surface area contributed by atoms with E-state index in [1.165, 1.54) is 16.5 Å². The summed E-state index contributed by atoms with van der Waals surface area (Å²) in [4.78, 5) is 4.53. The molecule has 0 amide bonds. The number of aromatic nitrogens is 1. The second-order valence-electron chi connectivity index (χ2n) is 4.54. The largest absolute Gasteiger partial charge is 0.497 e. The van der Waals surface area contributed by atoms with Crippen LogP contribution in [-0.2, 0) is 0 Å². The van der Waals surface area contributed by atoms with Crippen LogP contribution in [-0.4, -0.2) is 12.1 Å². The maximum atomic E-state index is 5.19. The van der Waals surface area contributed by atoms with Crippen molar-refractivity contribution in [3.05, 3.63) is 60.3 Å². The molecule has 0 radical (unpaired) electrons. The van der Waals surface area contributed by atoms with Gasteiger partial charge in [-0.05, 0) is 36.2 Å². The first-order valence-electron chi connectivity index (χ1n) is 6.28. The van der Waals surface area contributed by atoms with Gasteiger partial charge in [0.15, 0.2) is 0 Å². The lowest BCUT2D eigenvalue weighted by Crippen LogP contribution is -1.89. The average molecular weight is 249 g/mol. The van der Waals surface area contributed by atoms with E-state index in [0.717, 1.165) is 16.8 Å². The number of rotatable bonds is 2. The summed E-state index contributed by atoms with van der Waals surface area (Å²) in [6, 6.07) is 16.3. The topological polar surface area (TPSA) is 22.1 Å². The highest BCUT2D eigenvalue weighted by Gasteiger charge is 2.06. The Morgan fingerprint density at radius 2 is 1.68 bits per heavy atom. The second-order valence-corrected chi connectivity index (χ2v) is 4.54. The maximum Gasteiger partial charge on any atom is 0.118 e. The third kappa shape index (κ3) is 2.06. The summed E-state index contributed by atoms with van der Waals surface area (Å²) in [5, 5.41) is 1.20. The van der Waals surface area contributed by atoms with Crippen LogP contribution in [0.1, 0.15) is 5.56 Å². The minimum atomic E-state index is 0.871. The lowest BCUT2D eigenvalue weighted by Gasteiger charge is -2.09. The Morgan fingerprint density at radius 3 is 2.42 bits per heavy atom. The average Bonchev–Trinajstić information content (AvgIpc) is 2.48. The smallest absolute Gasteiger partial charge is 0.118 e. The third-order valence-corrected chi connectivity index (χ3v) is 3.45. The van der Waals surface area contributed by atoms with Crippen LogP contribution in [0.4, 0.5) is 0 Å². The summed E-state index contributed by atoms with van der Waals surface area (Å²) in [5.74, 6) is 0.871. The first kappa shape index (κ1) is 11.7. The molecule has 2 nitrogen and oxygen atoms in total. The number of pyridine rings is 1. The first-order chi connectivity index (χ1) is 9.29. The summed E-state index contributed by atoms with van der Waals surface area (Å²) >= 11 is 0. The van der Waals surface area contributed by atoms with Gasteiger partial charge in [0, 0.05) is 17.1 Å². The van der Waals surface area contributed by atoms with Crippen molar-refractivity contribution in [2.24, 2.45) is 0 Å². The van der Waals surface area contributed by atoms with Crippen molar-refractivity contribution in [3.8, 4) is 16.9 Å².